The fourth-order valence-corrected chi connectivity index (χ4v) is 4.57. The number of nitrogens with zero attached hydrogens (tertiary/aromatic N) is 2. The van der Waals surface area contributed by atoms with Gasteiger partial charge in [-0.1, -0.05) is 35.0 Å². The standard InChI is InChI=1S/C20H16Cl3F2N3O4S.C2H4O2/c1-2-26-19(27-10-7-13(21)17(30)14(22)8-10)33-15-9-16(29)28(18(15)31)11-3-5-12(6-4-11)32-20(23,24)25;1-2(3)4/h3-8,15,30H,2,9H2,1H3,(H,26,27);1H3,(H,3,4). The van der Waals surface area contributed by atoms with Crippen LogP contribution in [-0.2, 0) is 14.4 Å². The molecule has 2 aromatic carbocycles. The largest absolute Gasteiger partial charge is 0.505 e. The van der Waals surface area contributed by atoms with Gasteiger partial charge in [0.2, 0.25) is 11.8 Å². The Labute approximate surface area is 229 Å². The Morgan fingerprint density at radius 2 is 1.78 bits per heavy atom. The number of anilines is 2. The fourth-order valence-electron chi connectivity index (χ4n) is 2.91. The lowest BCUT2D eigenvalue weighted by Crippen LogP contribution is -2.31. The molecule has 0 aromatic heterocycles. The van der Waals surface area contributed by atoms with Gasteiger partial charge in [-0.25, -0.2) is 4.90 Å². The fraction of sp³-hybridized carbons (Fsp3) is 0.273. The molecule has 1 atom stereocenters. The van der Waals surface area contributed by atoms with Crippen LogP contribution in [-0.4, -0.2) is 50.5 Å². The number of aliphatic imine (C=N–C) groups is 1. The smallest absolute Gasteiger partial charge is 0.487 e. The highest BCUT2D eigenvalue weighted by Crippen LogP contribution is 2.36. The molecule has 1 aliphatic heterocycles. The van der Waals surface area contributed by atoms with E-state index in [-0.39, 0.29) is 33.7 Å². The van der Waals surface area contributed by atoms with E-state index >= 15 is 0 Å². The molecule has 15 heteroatoms. The van der Waals surface area contributed by atoms with Crippen LogP contribution in [0.4, 0.5) is 20.2 Å². The number of phenols is 1. The minimum absolute atomic E-state index is 0.0310. The number of hydrogen-bond donors (Lipinski definition) is 3. The molecule has 0 bridgehead atoms. The Morgan fingerprint density at radius 1 is 1.24 bits per heavy atom. The molecule has 200 valence electrons. The summed E-state index contributed by atoms with van der Waals surface area (Å²) in [5, 5.41) is 19.7. The number of ether oxygens (including phenoxy) is 1. The summed E-state index contributed by atoms with van der Waals surface area (Å²) in [6.07, 6.45) is -0.0942. The quantitative estimate of drug-likeness (QED) is 0.125. The number of alkyl halides is 3. The van der Waals surface area contributed by atoms with Gasteiger partial charge in [0.15, 0.2) is 10.9 Å². The number of benzene rings is 2. The molecule has 2 amide bonds. The van der Waals surface area contributed by atoms with Crippen molar-refractivity contribution in [2.24, 2.45) is 4.99 Å². The second-order valence-electron chi connectivity index (χ2n) is 7.13. The average Bonchev–Trinajstić information content (AvgIpc) is 3.04. The van der Waals surface area contributed by atoms with Gasteiger partial charge in [0.1, 0.15) is 11.0 Å². The normalized spacial score (nSPS) is 15.8. The summed E-state index contributed by atoms with van der Waals surface area (Å²) in [4.78, 5) is 39.7. The second-order valence-corrected chi connectivity index (χ2v) is 9.58. The van der Waals surface area contributed by atoms with Gasteiger partial charge in [-0.05, 0) is 43.3 Å². The maximum Gasteiger partial charge on any atom is 0.487 e. The third-order valence-electron chi connectivity index (χ3n) is 4.26. The third-order valence-corrected chi connectivity index (χ3v) is 6.02. The number of imide groups is 1. The van der Waals surface area contributed by atoms with Crippen LogP contribution in [0.3, 0.4) is 0 Å². The number of aromatic hydroxyl groups is 1. The van der Waals surface area contributed by atoms with E-state index in [0.29, 0.717) is 17.4 Å². The first-order valence-electron chi connectivity index (χ1n) is 10.3. The second kappa shape index (κ2) is 13.1. The Kier molecular flexibility index (Phi) is 10.8. The molecule has 1 aliphatic rings. The minimum Gasteiger partial charge on any atom is -0.505 e. The molecule has 0 spiro atoms. The summed E-state index contributed by atoms with van der Waals surface area (Å²) in [6, 6.07) is 7.85. The lowest BCUT2D eigenvalue weighted by Gasteiger charge is -2.17. The SMILES string of the molecule is CC(=O)O.CCN=C(Nc1cc(Cl)c(O)c(Cl)c1)SC1CC(=O)N(c2ccc(OC(F)(F)Cl)cc2)C1=O. The molecule has 3 rings (SSSR count). The first-order valence-corrected chi connectivity index (χ1v) is 12.3. The summed E-state index contributed by atoms with van der Waals surface area (Å²) in [5.41, 5.74) is -3.24. The van der Waals surface area contributed by atoms with Crippen molar-refractivity contribution in [3.63, 3.8) is 0 Å². The van der Waals surface area contributed by atoms with Crippen LogP contribution < -0.4 is 15.0 Å². The van der Waals surface area contributed by atoms with Crippen molar-refractivity contribution in [1.82, 2.24) is 0 Å². The van der Waals surface area contributed by atoms with Crippen LogP contribution in [0, 0.1) is 0 Å². The molecule has 1 fully saturated rings. The molecule has 0 radical (unpaired) electrons. The average molecular weight is 599 g/mol. The molecule has 1 unspecified atom stereocenters. The number of rotatable bonds is 6. The van der Waals surface area contributed by atoms with Gasteiger partial charge in [-0.2, -0.15) is 0 Å². The molecular weight excluding hydrogens is 579 g/mol. The third kappa shape index (κ3) is 9.22. The molecule has 1 saturated heterocycles. The van der Waals surface area contributed by atoms with Gasteiger partial charge in [0.05, 0.1) is 15.7 Å². The molecule has 3 N–H and O–H groups in total. The number of thioether (sulfide) groups is 1. The zero-order valence-electron chi connectivity index (χ0n) is 19.2. The first-order chi connectivity index (χ1) is 17.2. The number of amides is 2. The maximum absolute atomic E-state index is 12.9. The van der Waals surface area contributed by atoms with Crippen molar-refractivity contribution >= 4 is 80.9 Å². The Bertz CT molecular complexity index is 1170. The number of aliphatic carboxylic acids is 1. The van der Waals surface area contributed by atoms with Crippen molar-refractivity contribution in [3.8, 4) is 11.5 Å². The summed E-state index contributed by atoms with van der Waals surface area (Å²) in [7, 11) is 0. The van der Waals surface area contributed by atoms with E-state index in [4.69, 9.17) is 44.7 Å². The molecule has 0 saturated carbocycles. The number of nitrogens with one attached hydrogen (secondary N) is 1. The van der Waals surface area contributed by atoms with Gasteiger partial charge >= 0.3 is 5.57 Å². The predicted molar refractivity (Wildman–Crippen MR) is 139 cm³/mol. The van der Waals surface area contributed by atoms with Gasteiger partial charge in [-0.15, -0.1) is 8.78 Å². The highest BCUT2D eigenvalue weighted by Gasteiger charge is 2.41. The number of amidine groups is 1. The summed E-state index contributed by atoms with van der Waals surface area (Å²) < 4.78 is 29.8. The van der Waals surface area contributed by atoms with Crippen molar-refractivity contribution in [1.29, 1.82) is 0 Å². The van der Waals surface area contributed by atoms with Crippen molar-refractivity contribution in [2.45, 2.75) is 31.1 Å². The predicted octanol–water partition coefficient (Wildman–Crippen LogP) is 5.81. The monoisotopic (exact) mass is 597 g/mol. The molecule has 2 aromatic rings. The van der Waals surface area contributed by atoms with Crippen LogP contribution in [0.25, 0.3) is 0 Å². The number of carbonyl (C=O) groups is 3. The van der Waals surface area contributed by atoms with Gasteiger partial charge < -0.3 is 20.3 Å². The zero-order chi connectivity index (χ0) is 27.9. The van der Waals surface area contributed by atoms with Crippen LogP contribution in [0.1, 0.15) is 20.3 Å². The zero-order valence-corrected chi connectivity index (χ0v) is 22.3. The number of carbonyl (C=O) groups excluding carboxylic acids is 2. The van der Waals surface area contributed by atoms with Crippen LogP contribution >= 0.6 is 46.6 Å². The van der Waals surface area contributed by atoms with Gasteiger partial charge in [-0.3, -0.25) is 19.4 Å². The van der Waals surface area contributed by atoms with E-state index in [2.05, 4.69) is 15.0 Å². The van der Waals surface area contributed by atoms with Crippen LogP contribution in [0.2, 0.25) is 10.0 Å². The van der Waals surface area contributed by atoms with Crippen LogP contribution in [0.15, 0.2) is 41.4 Å². The van der Waals surface area contributed by atoms with Crippen LogP contribution in [0.5, 0.6) is 11.5 Å². The van der Waals surface area contributed by atoms with Crippen molar-refractivity contribution in [3.05, 3.63) is 46.4 Å². The lowest BCUT2D eigenvalue weighted by molar-refractivity contribution is -0.134. The Hall–Kier alpha value is -2.80. The molecule has 9 nitrogen and oxygen atoms in total. The van der Waals surface area contributed by atoms with Crippen molar-refractivity contribution in [2.75, 3.05) is 16.8 Å². The molecule has 37 heavy (non-hydrogen) atoms. The number of hydrogen-bond acceptors (Lipinski definition) is 7. The molecule has 0 aliphatic carbocycles. The lowest BCUT2D eigenvalue weighted by atomic mass is 10.3. The number of carboxylic acids is 1. The number of phenolic OH excluding ortho intramolecular Hbond substituents is 1. The minimum atomic E-state index is -3.88. The maximum atomic E-state index is 12.9. The summed E-state index contributed by atoms with van der Waals surface area (Å²) in [5.74, 6) is -2.27. The van der Waals surface area contributed by atoms with E-state index in [1.165, 1.54) is 36.4 Å². The summed E-state index contributed by atoms with van der Waals surface area (Å²) >= 11 is 17.7. The van der Waals surface area contributed by atoms with E-state index in [9.17, 15) is 23.5 Å². The van der Waals surface area contributed by atoms with E-state index in [1.54, 1.807) is 6.92 Å². The Balaban J connectivity index is 0.00000112. The van der Waals surface area contributed by atoms with Crippen molar-refractivity contribution < 1.29 is 38.1 Å². The van der Waals surface area contributed by atoms with E-state index in [1.807, 2.05) is 0 Å². The highest BCUT2D eigenvalue weighted by molar-refractivity contribution is 8.15. The van der Waals surface area contributed by atoms with E-state index in [0.717, 1.165) is 23.6 Å². The van der Waals surface area contributed by atoms with Gasteiger partial charge in [0, 0.05) is 37.2 Å². The Morgan fingerprint density at radius 3 is 2.27 bits per heavy atom. The molecule has 1 heterocycles. The first kappa shape index (κ1) is 30.4. The van der Waals surface area contributed by atoms with E-state index < -0.39 is 28.6 Å². The number of carboxylic acid groups (broad SMARTS) is 1. The topological polar surface area (TPSA) is 129 Å². The van der Waals surface area contributed by atoms with Gasteiger partial charge in [0.25, 0.3) is 5.97 Å². The number of halogens is 5. The summed E-state index contributed by atoms with van der Waals surface area (Å²) in [6.45, 7) is 3.26. The molecular formula is C22H20Cl3F2N3O6S. The highest BCUT2D eigenvalue weighted by atomic mass is 35.5.